The summed E-state index contributed by atoms with van der Waals surface area (Å²) in [4.78, 5) is 0.699. The number of allylic oxidation sites excluding steroid dienone is 2. The molecule has 1 aromatic rings. The average molecular weight is 247 g/mol. The van der Waals surface area contributed by atoms with Gasteiger partial charge < -0.3 is 0 Å². The maximum atomic E-state index is 3.85. The zero-order valence-corrected chi connectivity index (χ0v) is 9.31. The fraction of sp³-hybridized carbons (Fsp3) is 0.385. The van der Waals surface area contributed by atoms with E-state index in [2.05, 4.69) is 52.3 Å². The molecule has 70 valence electrons. The minimum atomic E-state index is 0.699. The van der Waals surface area contributed by atoms with E-state index in [0.29, 0.717) is 4.83 Å². The van der Waals surface area contributed by atoms with E-state index in [9.17, 15) is 0 Å². The highest BCUT2D eigenvalue weighted by atomic mass is 79.9. The van der Waals surface area contributed by atoms with Crippen LogP contribution in [0.25, 0.3) is 0 Å². The van der Waals surface area contributed by atoms with Gasteiger partial charge in [0.15, 0.2) is 0 Å². The summed E-state index contributed by atoms with van der Waals surface area (Å²) in [6.07, 6.45) is 4.84. The second kappa shape index (κ2) is 2.33. The molecule has 0 heterocycles. The van der Waals surface area contributed by atoms with Gasteiger partial charge in [0.1, 0.15) is 0 Å². The van der Waals surface area contributed by atoms with Gasteiger partial charge >= 0.3 is 0 Å². The molecule has 0 N–H and O–H groups in total. The molecule has 0 aromatic heterocycles. The van der Waals surface area contributed by atoms with E-state index < -0.39 is 0 Å². The molecule has 0 nitrogen and oxygen atoms in total. The first-order valence-electron chi connectivity index (χ1n) is 5.29. The van der Waals surface area contributed by atoms with Gasteiger partial charge in [-0.15, -0.1) is 0 Å². The summed E-state index contributed by atoms with van der Waals surface area (Å²) >= 11 is 3.85. The summed E-state index contributed by atoms with van der Waals surface area (Å²) < 4.78 is 0. The van der Waals surface area contributed by atoms with Gasteiger partial charge in [0.2, 0.25) is 0 Å². The summed E-state index contributed by atoms with van der Waals surface area (Å²) in [7, 11) is 0. The minimum Gasteiger partial charge on any atom is -0.0877 e. The lowest BCUT2D eigenvalue weighted by molar-refractivity contribution is 0.444. The van der Waals surface area contributed by atoms with Crippen molar-refractivity contribution in [3.05, 3.63) is 47.5 Å². The van der Waals surface area contributed by atoms with Crippen LogP contribution < -0.4 is 0 Å². The third-order valence-electron chi connectivity index (χ3n) is 4.22. The van der Waals surface area contributed by atoms with Crippen LogP contribution in [0.5, 0.6) is 0 Å². The molecule has 1 heteroatoms. The maximum absolute atomic E-state index is 3.85. The molecule has 1 saturated carbocycles. The predicted molar refractivity (Wildman–Crippen MR) is 60.8 cm³/mol. The van der Waals surface area contributed by atoms with Crippen LogP contribution >= 0.6 is 15.9 Å². The Morgan fingerprint density at radius 3 is 1.86 bits per heavy atom. The second-order valence-electron chi connectivity index (χ2n) is 4.66. The zero-order valence-electron chi connectivity index (χ0n) is 7.73. The van der Waals surface area contributed by atoms with Gasteiger partial charge in [0.05, 0.1) is 0 Å². The number of hydrogen-bond acceptors (Lipinski definition) is 0. The van der Waals surface area contributed by atoms with E-state index in [1.165, 1.54) is 0 Å². The number of fused-ring (bicyclic) bond motifs is 8. The quantitative estimate of drug-likeness (QED) is 0.486. The van der Waals surface area contributed by atoms with Gasteiger partial charge in [0, 0.05) is 4.83 Å². The molecular weight excluding hydrogens is 236 g/mol. The van der Waals surface area contributed by atoms with Crippen molar-refractivity contribution in [3.63, 3.8) is 0 Å². The SMILES string of the molecule is BrC1[C@H]2C=C[C@@H]1[C@H]1c3ccccc3[C@H]12. The molecule has 3 aliphatic carbocycles. The Hall–Kier alpha value is -0.560. The van der Waals surface area contributed by atoms with Crippen molar-refractivity contribution in [2.45, 2.75) is 16.7 Å². The molecule has 0 aliphatic heterocycles. The molecule has 14 heavy (non-hydrogen) atoms. The van der Waals surface area contributed by atoms with Crippen LogP contribution in [0, 0.1) is 11.8 Å². The first kappa shape index (κ1) is 7.70. The normalized spacial score (nSPS) is 45.9. The maximum Gasteiger partial charge on any atom is 0.0283 e. The molecule has 2 bridgehead atoms. The highest BCUT2D eigenvalue weighted by Crippen LogP contribution is 2.66. The van der Waals surface area contributed by atoms with Crippen molar-refractivity contribution in [1.82, 2.24) is 0 Å². The molecule has 3 aliphatic rings. The highest BCUT2D eigenvalue weighted by molar-refractivity contribution is 9.09. The van der Waals surface area contributed by atoms with Gasteiger partial charge in [-0.3, -0.25) is 0 Å². The molecule has 1 unspecified atom stereocenters. The number of hydrogen-bond donors (Lipinski definition) is 0. The van der Waals surface area contributed by atoms with Crippen LogP contribution in [0.4, 0.5) is 0 Å². The number of halogens is 1. The fourth-order valence-corrected chi connectivity index (χ4v) is 4.67. The standard InChI is InChI=1S/C13H11Br/c14-13-9-5-6-10(13)12-8-4-2-1-3-7(8)11(9)12/h1-6,9-13H/t9-,10+,11-,12+,13?. The topological polar surface area (TPSA) is 0 Å². The van der Waals surface area contributed by atoms with Crippen molar-refractivity contribution < 1.29 is 0 Å². The third-order valence-corrected chi connectivity index (χ3v) is 5.44. The smallest absolute Gasteiger partial charge is 0.0283 e. The first-order valence-corrected chi connectivity index (χ1v) is 6.21. The van der Waals surface area contributed by atoms with Gasteiger partial charge in [-0.25, -0.2) is 0 Å². The van der Waals surface area contributed by atoms with Crippen LogP contribution in [0.15, 0.2) is 36.4 Å². The third kappa shape index (κ3) is 0.661. The summed E-state index contributed by atoms with van der Waals surface area (Å²) in [6, 6.07) is 8.97. The summed E-state index contributed by atoms with van der Waals surface area (Å²) in [5.41, 5.74) is 3.22. The Morgan fingerprint density at radius 1 is 0.857 bits per heavy atom. The van der Waals surface area contributed by atoms with Gasteiger partial charge in [-0.1, -0.05) is 52.3 Å². The van der Waals surface area contributed by atoms with Crippen molar-refractivity contribution in [2.75, 3.05) is 0 Å². The molecule has 1 fully saturated rings. The molecule has 1 aromatic carbocycles. The van der Waals surface area contributed by atoms with E-state index in [1.54, 1.807) is 11.1 Å². The Morgan fingerprint density at radius 2 is 1.36 bits per heavy atom. The van der Waals surface area contributed by atoms with Crippen LogP contribution in [-0.4, -0.2) is 4.83 Å². The second-order valence-corrected chi connectivity index (χ2v) is 5.72. The molecule has 0 spiro atoms. The molecule has 4 rings (SSSR count). The van der Waals surface area contributed by atoms with Crippen molar-refractivity contribution in [2.24, 2.45) is 11.8 Å². The number of benzene rings is 1. The van der Waals surface area contributed by atoms with Crippen LogP contribution in [0.1, 0.15) is 23.0 Å². The van der Waals surface area contributed by atoms with E-state index in [4.69, 9.17) is 0 Å². The summed E-state index contributed by atoms with van der Waals surface area (Å²) in [6.45, 7) is 0. The number of rotatable bonds is 0. The van der Waals surface area contributed by atoms with E-state index >= 15 is 0 Å². The average Bonchev–Trinajstić information content (AvgIpc) is 2.65. The largest absolute Gasteiger partial charge is 0.0877 e. The molecule has 0 saturated heterocycles. The zero-order chi connectivity index (χ0) is 9.28. The predicted octanol–water partition coefficient (Wildman–Crippen LogP) is 3.45. The fourth-order valence-electron chi connectivity index (χ4n) is 3.66. The minimum absolute atomic E-state index is 0.699. The lowest BCUT2D eigenvalue weighted by Gasteiger charge is -2.40. The number of alkyl halides is 1. The van der Waals surface area contributed by atoms with Crippen molar-refractivity contribution in [1.29, 1.82) is 0 Å². The van der Waals surface area contributed by atoms with E-state index in [0.717, 1.165) is 23.7 Å². The van der Waals surface area contributed by atoms with Crippen molar-refractivity contribution in [3.8, 4) is 0 Å². The highest BCUT2D eigenvalue weighted by Gasteiger charge is 2.57. The molecular formula is C13H11Br. The Balaban J connectivity index is 1.91. The van der Waals surface area contributed by atoms with Crippen LogP contribution in [-0.2, 0) is 0 Å². The van der Waals surface area contributed by atoms with Gasteiger partial charge in [-0.2, -0.15) is 0 Å². The summed E-state index contributed by atoms with van der Waals surface area (Å²) in [5.74, 6) is 3.18. The van der Waals surface area contributed by atoms with Crippen LogP contribution in [0.2, 0.25) is 0 Å². The molecule has 0 radical (unpaired) electrons. The Bertz CT molecular complexity index is 396. The lowest BCUT2D eigenvalue weighted by Crippen LogP contribution is -2.27. The Kier molecular flexibility index (Phi) is 1.28. The van der Waals surface area contributed by atoms with Crippen molar-refractivity contribution >= 4 is 15.9 Å². The van der Waals surface area contributed by atoms with Gasteiger partial charge in [-0.05, 0) is 34.8 Å². The molecule has 5 atom stereocenters. The molecule has 0 amide bonds. The first-order chi connectivity index (χ1) is 6.88. The van der Waals surface area contributed by atoms with Gasteiger partial charge in [0.25, 0.3) is 0 Å². The monoisotopic (exact) mass is 246 g/mol. The summed E-state index contributed by atoms with van der Waals surface area (Å²) in [5, 5.41) is 0. The van der Waals surface area contributed by atoms with E-state index in [1.807, 2.05) is 0 Å². The lowest BCUT2D eigenvalue weighted by atomic mass is 9.63. The van der Waals surface area contributed by atoms with E-state index in [-0.39, 0.29) is 0 Å². The van der Waals surface area contributed by atoms with Crippen LogP contribution in [0.3, 0.4) is 0 Å². The Labute approximate surface area is 92.1 Å².